The van der Waals surface area contributed by atoms with Crippen molar-refractivity contribution in [2.75, 3.05) is 5.32 Å². The molecule has 1 N–H and O–H groups in total. The SMILES string of the molecule is O=C(Nc1ccc(F)cc1)c1cc(F)c(F)c(F)c1F. The average molecular weight is 287 g/mol. The van der Waals surface area contributed by atoms with Crippen LogP contribution < -0.4 is 5.32 Å². The van der Waals surface area contributed by atoms with Gasteiger partial charge in [-0.1, -0.05) is 0 Å². The zero-order chi connectivity index (χ0) is 14.9. The first kappa shape index (κ1) is 14.0. The molecule has 0 saturated carbocycles. The van der Waals surface area contributed by atoms with Gasteiger partial charge in [0, 0.05) is 5.69 Å². The third kappa shape index (κ3) is 2.61. The van der Waals surface area contributed by atoms with Gasteiger partial charge in [-0.15, -0.1) is 0 Å². The van der Waals surface area contributed by atoms with E-state index < -0.39 is 40.6 Å². The molecule has 7 heteroatoms. The summed E-state index contributed by atoms with van der Waals surface area (Å²) < 4.78 is 64.7. The maximum atomic E-state index is 13.4. The van der Waals surface area contributed by atoms with Gasteiger partial charge in [0.15, 0.2) is 23.3 Å². The summed E-state index contributed by atoms with van der Waals surface area (Å²) in [5.41, 5.74) is -0.910. The van der Waals surface area contributed by atoms with Gasteiger partial charge in [-0.25, -0.2) is 22.0 Å². The highest BCUT2D eigenvalue weighted by Gasteiger charge is 2.23. The number of rotatable bonds is 2. The number of carbonyl (C=O) groups excluding carboxylic acids is 1. The molecule has 0 unspecified atom stereocenters. The molecular formula is C13H6F5NO. The molecule has 0 bridgehead atoms. The van der Waals surface area contributed by atoms with Crippen molar-refractivity contribution in [2.45, 2.75) is 0 Å². The second-order valence-corrected chi connectivity index (χ2v) is 3.81. The topological polar surface area (TPSA) is 29.1 Å². The van der Waals surface area contributed by atoms with Crippen LogP contribution in [-0.4, -0.2) is 5.91 Å². The lowest BCUT2D eigenvalue weighted by Crippen LogP contribution is -2.16. The highest BCUT2D eigenvalue weighted by atomic mass is 19.2. The largest absolute Gasteiger partial charge is 0.322 e. The van der Waals surface area contributed by atoms with E-state index in [0.717, 1.165) is 12.1 Å². The molecule has 0 fully saturated rings. The molecule has 2 rings (SSSR count). The van der Waals surface area contributed by atoms with Gasteiger partial charge in [-0.3, -0.25) is 4.79 Å². The highest BCUT2D eigenvalue weighted by molar-refractivity contribution is 6.04. The standard InChI is InChI=1S/C13H6F5NO/c14-6-1-3-7(4-2-6)19-13(20)8-5-9(15)11(17)12(18)10(8)16/h1-5H,(H,19,20). The Morgan fingerprint density at radius 1 is 0.850 bits per heavy atom. The first-order chi connectivity index (χ1) is 9.40. The van der Waals surface area contributed by atoms with E-state index in [-0.39, 0.29) is 11.8 Å². The molecule has 20 heavy (non-hydrogen) atoms. The number of halogens is 5. The van der Waals surface area contributed by atoms with Crippen molar-refractivity contribution in [1.82, 2.24) is 0 Å². The minimum atomic E-state index is -2.07. The van der Waals surface area contributed by atoms with Gasteiger partial charge < -0.3 is 5.32 Å². The summed E-state index contributed by atoms with van der Waals surface area (Å²) in [6.45, 7) is 0. The molecule has 2 aromatic rings. The van der Waals surface area contributed by atoms with Gasteiger partial charge >= 0.3 is 0 Å². The third-order valence-electron chi connectivity index (χ3n) is 2.45. The number of hydrogen-bond donors (Lipinski definition) is 1. The predicted molar refractivity (Wildman–Crippen MR) is 60.6 cm³/mol. The Balaban J connectivity index is 2.32. The van der Waals surface area contributed by atoms with Crippen molar-refractivity contribution < 1.29 is 26.7 Å². The van der Waals surface area contributed by atoms with E-state index in [9.17, 15) is 26.7 Å². The number of hydrogen-bond acceptors (Lipinski definition) is 1. The van der Waals surface area contributed by atoms with Crippen LogP contribution >= 0.6 is 0 Å². The number of benzene rings is 2. The van der Waals surface area contributed by atoms with Crippen LogP contribution in [0.1, 0.15) is 10.4 Å². The number of carbonyl (C=O) groups is 1. The van der Waals surface area contributed by atoms with Gasteiger partial charge in [-0.2, -0.15) is 0 Å². The molecule has 0 aliphatic heterocycles. The molecule has 104 valence electrons. The van der Waals surface area contributed by atoms with Gasteiger partial charge in [0.05, 0.1) is 5.56 Å². The second-order valence-electron chi connectivity index (χ2n) is 3.81. The maximum absolute atomic E-state index is 13.4. The third-order valence-corrected chi connectivity index (χ3v) is 2.45. The van der Waals surface area contributed by atoms with Crippen LogP contribution in [0.15, 0.2) is 30.3 Å². The summed E-state index contributed by atoms with van der Waals surface area (Å²) in [7, 11) is 0. The van der Waals surface area contributed by atoms with Crippen molar-refractivity contribution in [2.24, 2.45) is 0 Å². The van der Waals surface area contributed by atoms with Crippen molar-refractivity contribution in [3.63, 3.8) is 0 Å². The van der Waals surface area contributed by atoms with Crippen molar-refractivity contribution in [3.05, 3.63) is 65.0 Å². The lowest BCUT2D eigenvalue weighted by Gasteiger charge is -2.07. The van der Waals surface area contributed by atoms with E-state index in [1.165, 1.54) is 12.1 Å². The van der Waals surface area contributed by atoms with E-state index in [0.29, 0.717) is 0 Å². The molecule has 0 radical (unpaired) electrons. The van der Waals surface area contributed by atoms with Crippen LogP contribution in [0.5, 0.6) is 0 Å². The van der Waals surface area contributed by atoms with Gasteiger partial charge in [-0.05, 0) is 30.3 Å². The van der Waals surface area contributed by atoms with Crippen molar-refractivity contribution in [1.29, 1.82) is 0 Å². The summed E-state index contributed by atoms with van der Waals surface area (Å²) in [6, 6.07) is 4.63. The van der Waals surface area contributed by atoms with Crippen LogP contribution in [0.2, 0.25) is 0 Å². The van der Waals surface area contributed by atoms with Crippen LogP contribution in [0.3, 0.4) is 0 Å². The smallest absolute Gasteiger partial charge is 0.258 e. The van der Waals surface area contributed by atoms with Gasteiger partial charge in [0.25, 0.3) is 5.91 Å². The molecule has 1 amide bonds. The van der Waals surface area contributed by atoms with Crippen molar-refractivity contribution in [3.8, 4) is 0 Å². The molecule has 0 spiro atoms. The van der Waals surface area contributed by atoms with Crippen LogP contribution in [0.25, 0.3) is 0 Å². The molecule has 0 aliphatic rings. The summed E-state index contributed by atoms with van der Waals surface area (Å²) >= 11 is 0. The molecule has 0 atom stereocenters. The van der Waals surface area contributed by atoms with E-state index in [1.807, 2.05) is 0 Å². The average Bonchev–Trinajstić information content (AvgIpc) is 2.43. The zero-order valence-electron chi connectivity index (χ0n) is 9.68. The Hall–Kier alpha value is -2.44. The molecule has 2 nitrogen and oxygen atoms in total. The van der Waals surface area contributed by atoms with Crippen LogP contribution in [0, 0.1) is 29.1 Å². The lowest BCUT2D eigenvalue weighted by atomic mass is 10.1. The van der Waals surface area contributed by atoms with Gasteiger partial charge in [0.2, 0.25) is 0 Å². The fourth-order valence-electron chi connectivity index (χ4n) is 1.47. The molecule has 2 aromatic carbocycles. The van der Waals surface area contributed by atoms with Gasteiger partial charge in [0.1, 0.15) is 5.82 Å². The minimum Gasteiger partial charge on any atom is -0.322 e. The summed E-state index contributed by atoms with van der Waals surface area (Å²) in [5, 5.41) is 2.10. The molecule has 0 aliphatic carbocycles. The second kappa shape index (κ2) is 5.28. The van der Waals surface area contributed by atoms with Crippen LogP contribution in [0.4, 0.5) is 27.6 Å². The Morgan fingerprint density at radius 3 is 2.05 bits per heavy atom. The van der Waals surface area contributed by atoms with Crippen molar-refractivity contribution >= 4 is 11.6 Å². The summed E-state index contributed by atoms with van der Waals surface area (Å²) in [6.07, 6.45) is 0. The molecule has 0 saturated heterocycles. The number of amides is 1. The van der Waals surface area contributed by atoms with E-state index in [4.69, 9.17) is 0 Å². The molecule has 0 aromatic heterocycles. The minimum absolute atomic E-state index is 0.0842. The van der Waals surface area contributed by atoms with E-state index in [1.54, 1.807) is 0 Å². The molecular weight excluding hydrogens is 281 g/mol. The quantitative estimate of drug-likeness (QED) is 0.510. The van der Waals surface area contributed by atoms with E-state index >= 15 is 0 Å². The maximum Gasteiger partial charge on any atom is 0.258 e. The number of nitrogens with one attached hydrogen (secondary N) is 1. The Labute approximate surface area is 109 Å². The Bertz CT molecular complexity index is 669. The highest BCUT2D eigenvalue weighted by Crippen LogP contribution is 2.20. The fraction of sp³-hybridized carbons (Fsp3) is 0. The first-order valence-corrected chi connectivity index (χ1v) is 5.30. The normalized spacial score (nSPS) is 10.4. The lowest BCUT2D eigenvalue weighted by molar-refractivity contribution is 0.102. The monoisotopic (exact) mass is 287 g/mol. The van der Waals surface area contributed by atoms with Crippen LogP contribution in [-0.2, 0) is 0 Å². The predicted octanol–water partition coefficient (Wildman–Crippen LogP) is 3.63. The molecule has 0 heterocycles. The first-order valence-electron chi connectivity index (χ1n) is 5.30. The van der Waals surface area contributed by atoms with E-state index in [2.05, 4.69) is 5.32 Å². The number of anilines is 1. The zero-order valence-corrected chi connectivity index (χ0v) is 9.68. The fourth-order valence-corrected chi connectivity index (χ4v) is 1.47. The Morgan fingerprint density at radius 2 is 1.45 bits per heavy atom. The summed E-state index contributed by atoms with van der Waals surface area (Å²) in [4.78, 5) is 11.6. The summed E-state index contributed by atoms with van der Waals surface area (Å²) in [5.74, 6) is -9.31. The Kier molecular flexibility index (Phi) is 3.69.